The van der Waals surface area contributed by atoms with E-state index < -0.39 is 0 Å². The highest BCUT2D eigenvalue weighted by molar-refractivity contribution is 5.76. The number of hydrogen-bond donors (Lipinski definition) is 1. The van der Waals surface area contributed by atoms with E-state index in [0.29, 0.717) is 12.5 Å². The zero-order chi connectivity index (χ0) is 8.27. The van der Waals surface area contributed by atoms with Gasteiger partial charge in [0.1, 0.15) is 6.04 Å². The molecule has 0 saturated carbocycles. The van der Waals surface area contributed by atoms with Crippen molar-refractivity contribution in [3.8, 4) is 0 Å². The Morgan fingerprint density at radius 3 is 2.91 bits per heavy atom. The minimum Gasteiger partial charge on any atom is -0.465 e. The van der Waals surface area contributed by atoms with Crippen molar-refractivity contribution in [2.24, 2.45) is 5.92 Å². The highest BCUT2D eigenvalue weighted by Crippen LogP contribution is 2.13. The third kappa shape index (κ3) is 2.19. The van der Waals surface area contributed by atoms with E-state index in [-0.39, 0.29) is 12.0 Å². The van der Waals surface area contributed by atoms with Crippen LogP contribution < -0.4 is 5.32 Å². The Bertz CT molecular complexity index is 147. The maximum atomic E-state index is 11.1. The molecule has 64 valence electrons. The van der Waals surface area contributed by atoms with Crippen molar-refractivity contribution in [1.29, 1.82) is 0 Å². The van der Waals surface area contributed by atoms with E-state index in [1.54, 1.807) is 0 Å². The fraction of sp³-hybridized carbons (Fsp3) is 0.875. The van der Waals surface area contributed by atoms with Crippen molar-refractivity contribution < 1.29 is 9.53 Å². The van der Waals surface area contributed by atoms with Crippen LogP contribution in [0, 0.1) is 5.92 Å². The second-order valence-electron chi connectivity index (χ2n) is 3.05. The van der Waals surface area contributed by atoms with Crippen LogP contribution in [0.2, 0.25) is 0 Å². The van der Waals surface area contributed by atoms with Crippen molar-refractivity contribution in [2.75, 3.05) is 13.2 Å². The molecule has 3 heteroatoms. The molecule has 0 radical (unpaired) electrons. The molecule has 0 amide bonds. The van der Waals surface area contributed by atoms with Crippen LogP contribution in [0.25, 0.3) is 0 Å². The minimum atomic E-state index is -0.100. The van der Waals surface area contributed by atoms with Crippen molar-refractivity contribution in [3.05, 3.63) is 0 Å². The number of nitrogens with one attached hydrogen (secondary N) is 1. The zero-order valence-electron chi connectivity index (χ0n) is 7.09. The van der Waals surface area contributed by atoms with E-state index in [9.17, 15) is 4.79 Å². The average Bonchev–Trinajstić information content (AvgIpc) is 2.36. The van der Waals surface area contributed by atoms with Gasteiger partial charge in [0.2, 0.25) is 0 Å². The lowest BCUT2D eigenvalue weighted by atomic mass is 10.1. The van der Waals surface area contributed by atoms with Crippen molar-refractivity contribution in [1.82, 2.24) is 5.32 Å². The molecule has 1 fully saturated rings. The first-order valence-corrected chi connectivity index (χ1v) is 4.14. The molecule has 1 saturated heterocycles. The smallest absolute Gasteiger partial charge is 0.323 e. The van der Waals surface area contributed by atoms with Gasteiger partial charge in [-0.2, -0.15) is 0 Å². The van der Waals surface area contributed by atoms with Crippen LogP contribution in [0.3, 0.4) is 0 Å². The van der Waals surface area contributed by atoms with E-state index in [2.05, 4.69) is 12.2 Å². The molecule has 3 nitrogen and oxygen atoms in total. The van der Waals surface area contributed by atoms with Gasteiger partial charge in [-0.1, -0.05) is 6.92 Å². The van der Waals surface area contributed by atoms with Gasteiger partial charge >= 0.3 is 5.97 Å². The second kappa shape index (κ2) is 3.72. The first-order valence-electron chi connectivity index (χ1n) is 4.14. The molecule has 1 aliphatic heterocycles. The molecule has 0 aromatic heterocycles. The van der Waals surface area contributed by atoms with Gasteiger partial charge in [-0.15, -0.1) is 0 Å². The molecule has 0 spiro atoms. The number of carbonyl (C=O) groups excluding carboxylic acids is 1. The molecule has 0 aliphatic carbocycles. The predicted molar refractivity (Wildman–Crippen MR) is 42.2 cm³/mol. The Balaban J connectivity index is 2.31. The summed E-state index contributed by atoms with van der Waals surface area (Å²) in [6.45, 7) is 5.37. The van der Waals surface area contributed by atoms with Gasteiger partial charge < -0.3 is 10.1 Å². The highest BCUT2D eigenvalue weighted by Gasteiger charge is 2.27. The van der Waals surface area contributed by atoms with Gasteiger partial charge in [0.05, 0.1) is 6.61 Å². The van der Waals surface area contributed by atoms with Gasteiger partial charge in [0.15, 0.2) is 0 Å². The fourth-order valence-electron chi connectivity index (χ4n) is 1.33. The average molecular weight is 157 g/mol. The number of rotatable bonds is 2. The summed E-state index contributed by atoms with van der Waals surface area (Å²) in [5.74, 6) is 0.501. The van der Waals surface area contributed by atoms with Crippen LogP contribution in [-0.2, 0) is 9.53 Å². The lowest BCUT2D eigenvalue weighted by molar-refractivity contribution is -0.145. The monoisotopic (exact) mass is 157 g/mol. The standard InChI is InChI=1S/C8H15NO2/c1-3-11-8(10)7-4-6(2)5-9-7/h6-7,9H,3-5H2,1-2H3/t6-,7+/m0/s1. The van der Waals surface area contributed by atoms with E-state index >= 15 is 0 Å². The first kappa shape index (κ1) is 8.53. The van der Waals surface area contributed by atoms with E-state index in [4.69, 9.17) is 4.74 Å². The van der Waals surface area contributed by atoms with Crippen LogP contribution in [0.5, 0.6) is 0 Å². The molecule has 0 aromatic rings. The lowest BCUT2D eigenvalue weighted by Crippen LogP contribution is -2.32. The topological polar surface area (TPSA) is 38.3 Å². The fourth-order valence-corrected chi connectivity index (χ4v) is 1.33. The minimum absolute atomic E-state index is 0.0510. The van der Waals surface area contributed by atoms with Gasteiger partial charge in [-0.3, -0.25) is 4.79 Å². The van der Waals surface area contributed by atoms with Crippen LogP contribution in [-0.4, -0.2) is 25.2 Å². The Labute approximate surface area is 67.1 Å². The summed E-state index contributed by atoms with van der Waals surface area (Å²) in [6, 6.07) is -0.0510. The predicted octanol–water partition coefficient (Wildman–Crippen LogP) is 0.547. The molecular formula is C8H15NO2. The Morgan fingerprint density at radius 1 is 1.73 bits per heavy atom. The molecule has 1 rings (SSSR count). The molecule has 1 heterocycles. The highest BCUT2D eigenvalue weighted by atomic mass is 16.5. The SMILES string of the molecule is CCOC(=O)[C@H]1C[C@H](C)CN1. The largest absolute Gasteiger partial charge is 0.465 e. The molecule has 0 aromatic carbocycles. The number of carbonyl (C=O) groups is 1. The molecule has 1 aliphatic rings. The summed E-state index contributed by atoms with van der Waals surface area (Å²) in [7, 11) is 0. The van der Waals surface area contributed by atoms with E-state index in [1.165, 1.54) is 0 Å². The first-order chi connectivity index (χ1) is 5.24. The summed E-state index contributed by atoms with van der Waals surface area (Å²) in [4.78, 5) is 11.1. The molecular weight excluding hydrogens is 142 g/mol. The molecule has 2 atom stereocenters. The van der Waals surface area contributed by atoms with Crippen molar-refractivity contribution >= 4 is 5.97 Å². The number of hydrogen-bond acceptors (Lipinski definition) is 3. The van der Waals surface area contributed by atoms with Crippen LogP contribution in [0.15, 0.2) is 0 Å². The normalized spacial score (nSPS) is 30.4. The third-order valence-electron chi connectivity index (χ3n) is 1.92. The Hall–Kier alpha value is -0.570. The van der Waals surface area contributed by atoms with Crippen molar-refractivity contribution in [3.63, 3.8) is 0 Å². The number of esters is 1. The summed E-state index contributed by atoms with van der Waals surface area (Å²) < 4.78 is 4.87. The van der Waals surface area contributed by atoms with Crippen LogP contribution in [0.1, 0.15) is 20.3 Å². The lowest BCUT2D eigenvalue weighted by Gasteiger charge is -2.07. The van der Waals surface area contributed by atoms with Gasteiger partial charge in [0.25, 0.3) is 0 Å². The maximum Gasteiger partial charge on any atom is 0.323 e. The molecule has 11 heavy (non-hydrogen) atoms. The number of ether oxygens (including phenoxy) is 1. The zero-order valence-corrected chi connectivity index (χ0v) is 7.09. The summed E-state index contributed by atoms with van der Waals surface area (Å²) in [5.41, 5.74) is 0. The second-order valence-corrected chi connectivity index (χ2v) is 3.05. The van der Waals surface area contributed by atoms with Crippen LogP contribution >= 0.6 is 0 Å². The summed E-state index contributed by atoms with van der Waals surface area (Å²) in [5, 5.41) is 3.12. The van der Waals surface area contributed by atoms with Crippen LogP contribution in [0.4, 0.5) is 0 Å². The van der Waals surface area contributed by atoms with Gasteiger partial charge in [-0.05, 0) is 25.8 Å². The van der Waals surface area contributed by atoms with Gasteiger partial charge in [-0.25, -0.2) is 0 Å². The summed E-state index contributed by atoms with van der Waals surface area (Å²) >= 11 is 0. The van der Waals surface area contributed by atoms with E-state index in [0.717, 1.165) is 13.0 Å². The Morgan fingerprint density at radius 2 is 2.45 bits per heavy atom. The third-order valence-corrected chi connectivity index (χ3v) is 1.92. The summed E-state index contributed by atoms with van der Waals surface area (Å²) in [6.07, 6.45) is 0.916. The maximum absolute atomic E-state index is 11.1. The van der Waals surface area contributed by atoms with Crippen molar-refractivity contribution in [2.45, 2.75) is 26.3 Å². The molecule has 0 unspecified atom stereocenters. The molecule has 1 N–H and O–H groups in total. The van der Waals surface area contributed by atoms with Gasteiger partial charge in [0, 0.05) is 0 Å². The Kier molecular flexibility index (Phi) is 2.88. The molecule has 0 bridgehead atoms. The van der Waals surface area contributed by atoms with E-state index in [1.807, 2.05) is 6.92 Å². The quantitative estimate of drug-likeness (QED) is 0.595.